The number of hydrogen-bond acceptors (Lipinski definition) is 6. The molecule has 4 rings (SSSR count). The van der Waals surface area contributed by atoms with Crippen molar-refractivity contribution >= 4 is 43.9 Å². The number of fused-ring (bicyclic) bond motifs is 3. The highest BCUT2D eigenvalue weighted by atomic mass is 32.1. The monoisotopic (exact) mass is 275 g/mol. The molecule has 6 nitrogen and oxygen atoms in total. The molecular formula is C10H5N5OS2. The van der Waals surface area contributed by atoms with Gasteiger partial charge >= 0.3 is 0 Å². The first-order valence-corrected chi connectivity index (χ1v) is 6.83. The molecule has 0 amide bonds. The lowest BCUT2D eigenvalue weighted by molar-refractivity contribution is 0.991. The Labute approximate surface area is 108 Å². The Morgan fingerprint density at radius 3 is 3.06 bits per heavy atom. The Balaban J connectivity index is 2.34. The first-order valence-electron chi connectivity index (χ1n) is 5.07. The molecule has 1 N–H and O–H groups in total. The zero-order valence-corrected chi connectivity index (χ0v) is 10.5. The maximum Gasteiger partial charge on any atom is 0.289 e. The molecular weight excluding hydrogens is 270 g/mol. The van der Waals surface area contributed by atoms with Gasteiger partial charge in [0.25, 0.3) is 5.56 Å². The molecule has 0 saturated heterocycles. The van der Waals surface area contributed by atoms with E-state index in [1.165, 1.54) is 22.7 Å². The van der Waals surface area contributed by atoms with Crippen molar-refractivity contribution in [2.75, 3.05) is 0 Å². The van der Waals surface area contributed by atoms with Crippen LogP contribution in [-0.2, 0) is 0 Å². The molecule has 0 saturated carbocycles. The van der Waals surface area contributed by atoms with Crippen LogP contribution in [0.2, 0.25) is 0 Å². The molecule has 0 aromatic carbocycles. The third kappa shape index (κ3) is 1.16. The molecule has 0 bridgehead atoms. The highest BCUT2D eigenvalue weighted by Gasteiger charge is 2.18. The van der Waals surface area contributed by atoms with Gasteiger partial charge in [0.15, 0.2) is 10.8 Å². The number of hydrogen-bond donors (Lipinski definition) is 1. The molecule has 0 radical (unpaired) electrons. The van der Waals surface area contributed by atoms with Crippen molar-refractivity contribution in [2.24, 2.45) is 0 Å². The van der Waals surface area contributed by atoms with Crippen LogP contribution >= 0.6 is 22.7 Å². The Morgan fingerprint density at radius 2 is 2.22 bits per heavy atom. The van der Waals surface area contributed by atoms with E-state index in [1.54, 1.807) is 22.5 Å². The average molecular weight is 275 g/mol. The van der Waals surface area contributed by atoms with Crippen LogP contribution in [0.15, 0.2) is 28.1 Å². The van der Waals surface area contributed by atoms with Crippen LogP contribution < -0.4 is 5.56 Å². The van der Waals surface area contributed by atoms with Crippen LogP contribution in [0.1, 0.15) is 0 Å². The Kier molecular flexibility index (Phi) is 1.91. The van der Waals surface area contributed by atoms with Crippen molar-refractivity contribution in [1.82, 2.24) is 24.7 Å². The summed E-state index contributed by atoms with van der Waals surface area (Å²) in [5.41, 5.74) is 2.83. The second-order valence-corrected chi connectivity index (χ2v) is 5.34. The standard InChI is InChI=1S/C10H5N5OS2/c16-9-6-5(3-13-14-9)7-8(12-4-18-7)15(6)10-11-1-2-17-10/h1-4H,(H,14,16). The molecule has 0 unspecified atom stereocenters. The van der Waals surface area contributed by atoms with Gasteiger partial charge in [-0.05, 0) is 0 Å². The fourth-order valence-corrected chi connectivity index (χ4v) is 3.41. The number of rotatable bonds is 1. The van der Waals surface area contributed by atoms with E-state index in [0.29, 0.717) is 5.52 Å². The van der Waals surface area contributed by atoms with Gasteiger partial charge in [-0.2, -0.15) is 5.10 Å². The highest BCUT2D eigenvalue weighted by Crippen LogP contribution is 2.31. The highest BCUT2D eigenvalue weighted by molar-refractivity contribution is 7.18. The van der Waals surface area contributed by atoms with E-state index in [1.807, 2.05) is 5.38 Å². The topological polar surface area (TPSA) is 76.5 Å². The first kappa shape index (κ1) is 9.92. The van der Waals surface area contributed by atoms with Crippen LogP contribution in [0.25, 0.3) is 26.4 Å². The van der Waals surface area contributed by atoms with Crippen molar-refractivity contribution < 1.29 is 0 Å². The molecule has 4 aromatic rings. The van der Waals surface area contributed by atoms with Gasteiger partial charge in [-0.15, -0.1) is 22.7 Å². The van der Waals surface area contributed by atoms with Crippen LogP contribution in [0.4, 0.5) is 0 Å². The van der Waals surface area contributed by atoms with E-state index in [4.69, 9.17) is 0 Å². The lowest BCUT2D eigenvalue weighted by atomic mass is 10.4. The number of H-pyrrole nitrogens is 1. The van der Waals surface area contributed by atoms with E-state index >= 15 is 0 Å². The molecule has 4 heterocycles. The van der Waals surface area contributed by atoms with Crippen LogP contribution in [0.3, 0.4) is 0 Å². The molecule has 0 spiro atoms. The third-order valence-corrected chi connectivity index (χ3v) is 4.27. The average Bonchev–Trinajstić information content (AvgIpc) is 3.04. The second-order valence-electron chi connectivity index (χ2n) is 3.62. The van der Waals surface area contributed by atoms with Gasteiger partial charge in [0, 0.05) is 17.0 Å². The lowest BCUT2D eigenvalue weighted by Crippen LogP contribution is -2.11. The molecule has 88 valence electrons. The summed E-state index contributed by atoms with van der Waals surface area (Å²) in [6.45, 7) is 0. The van der Waals surface area contributed by atoms with Crippen LogP contribution in [0, 0.1) is 0 Å². The maximum absolute atomic E-state index is 12.0. The summed E-state index contributed by atoms with van der Waals surface area (Å²) in [6, 6.07) is 0. The fraction of sp³-hybridized carbons (Fsp3) is 0. The zero-order valence-electron chi connectivity index (χ0n) is 8.82. The van der Waals surface area contributed by atoms with Gasteiger partial charge in [0.1, 0.15) is 5.52 Å². The van der Waals surface area contributed by atoms with Crippen molar-refractivity contribution in [3.8, 4) is 5.13 Å². The number of nitrogens with zero attached hydrogens (tertiary/aromatic N) is 4. The Bertz CT molecular complexity index is 901. The third-order valence-electron chi connectivity index (χ3n) is 2.67. The largest absolute Gasteiger partial charge is 0.289 e. The summed E-state index contributed by atoms with van der Waals surface area (Å²) in [4.78, 5) is 20.6. The van der Waals surface area contributed by atoms with Crippen molar-refractivity contribution in [3.63, 3.8) is 0 Å². The van der Waals surface area contributed by atoms with Gasteiger partial charge in [-0.1, -0.05) is 0 Å². The van der Waals surface area contributed by atoms with E-state index in [9.17, 15) is 4.79 Å². The minimum Gasteiger partial charge on any atom is -0.266 e. The quantitative estimate of drug-likeness (QED) is 0.574. The predicted octanol–water partition coefficient (Wildman–Crippen LogP) is 1.78. The van der Waals surface area contributed by atoms with Crippen molar-refractivity contribution in [1.29, 1.82) is 0 Å². The predicted molar refractivity (Wildman–Crippen MR) is 70.5 cm³/mol. The summed E-state index contributed by atoms with van der Waals surface area (Å²) >= 11 is 2.96. The van der Waals surface area contributed by atoms with Crippen LogP contribution in [-0.4, -0.2) is 24.7 Å². The molecule has 4 aromatic heterocycles. The molecule has 18 heavy (non-hydrogen) atoms. The summed E-state index contributed by atoms with van der Waals surface area (Å²) in [5, 5.41) is 9.72. The second kappa shape index (κ2) is 3.47. The van der Waals surface area contributed by atoms with Crippen molar-refractivity contribution in [2.45, 2.75) is 0 Å². The molecule has 0 fully saturated rings. The van der Waals surface area contributed by atoms with Gasteiger partial charge in [0.2, 0.25) is 0 Å². The molecule has 0 aliphatic rings. The first-order chi connectivity index (χ1) is 8.86. The Morgan fingerprint density at radius 1 is 1.28 bits per heavy atom. The zero-order chi connectivity index (χ0) is 12.1. The number of thiazole rings is 2. The summed E-state index contributed by atoms with van der Waals surface area (Å²) in [5.74, 6) is 0. The van der Waals surface area contributed by atoms with Gasteiger partial charge in [-0.25, -0.2) is 15.1 Å². The van der Waals surface area contributed by atoms with Gasteiger partial charge in [-0.3, -0.25) is 9.36 Å². The van der Waals surface area contributed by atoms with Crippen molar-refractivity contribution in [3.05, 3.63) is 33.6 Å². The minimum atomic E-state index is -0.229. The lowest BCUT2D eigenvalue weighted by Gasteiger charge is -1.98. The van der Waals surface area contributed by atoms with E-state index in [0.717, 1.165) is 20.9 Å². The Hall–Kier alpha value is -2.06. The normalized spacial score (nSPS) is 11.6. The minimum absolute atomic E-state index is 0.229. The SMILES string of the molecule is O=c1[nH]ncc2c3scnc3n(-c3nccs3)c12. The smallest absolute Gasteiger partial charge is 0.266 e. The number of aromatic amines is 1. The number of nitrogens with one attached hydrogen (secondary N) is 1. The summed E-state index contributed by atoms with van der Waals surface area (Å²) in [6.07, 6.45) is 3.36. The molecule has 0 aliphatic carbocycles. The molecule has 8 heteroatoms. The van der Waals surface area contributed by atoms with E-state index in [2.05, 4.69) is 20.2 Å². The number of aromatic nitrogens is 5. The fourth-order valence-electron chi connectivity index (χ4n) is 1.98. The maximum atomic E-state index is 12.0. The van der Waals surface area contributed by atoms with E-state index in [-0.39, 0.29) is 5.56 Å². The molecule has 0 atom stereocenters. The van der Waals surface area contributed by atoms with Crippen LogP contribution in [0.5, 0.6) is 0 Å². The van der Waals surface area contributed by atoms with E-state index < -0.39 is 0 Å². The molecule has 0 aliphatic heterocycles. The van der Waals surface area contributed by atoms with Gasteiger partial charge < -0.3 is 0 Å². The summed E-state index contributed by atoms with van der Waals surface area (Å²) in [7, 11) is 0. The van der Waals surface area contributed by atoms with Gasteiger partial charge in [0.05, 0.1) is 16.4 Å². The summed E-state index contributed by atoms with van der Waals surface area (Å²) < 4.78 is 2.74.